The van der Waals surface area contributed by atoms with Crippen LogP contribution in [0.25, 0.3) is 0 Å². The summed E-state index contributed by atoms with van der Waals surface area (Å²) in [6, 6.07) is 15.6. The molecule has 0 aliphatic rings. The number of nitrogens with one attached hydrogen (secondary N) is 1. The van der Waals surface area contributed by atoms with Crippen molar-refractivity contribution in [3.8, 4) is 0 Å². The van der Waals surface area contributed by atoms with Crippen LogP contribution in [0.3, 0.4) is 0 Å². The first-order valence-electron chi connectivity index (χ1n) is 11.2. The number of nitrogens with zero attached hydrogens (tertiary/aromatic N) is 2. The van der Waals surface area contributed by atoms with Crippen LogP contribution in [0.15, 0.2) is 72.8 Å². The van der Waals surface area contributed by atoms with Gasteiger partial charge in [0.2, 0.25) is 21.8 Å². The highest BCUT2D eigenvalue weighted by Gasteiger charge is 2.32. The molecular formula is C26H26F3N3O4S. The lowest BCUT2D eigenvalue weighted by Crippen LogP contribution is -2.52. The Labute approximate surface area is 213 Å². The van der Waals surface area contributed by atoms with Crippen LogP contribution < -0.4 is 9.62 Å². The van der Waals surface area contributed by atoms with Gasteiger partial charge in [-0.1, -0.05) is 42.5 Å². The van der Waals surface area contributed by atoms with Gasteiger partial charge in [0.25, 0.3) is 0 Å². The average Bonchev–Trinajstić information content (AvgIpc) is 2.87. The number of halogens is 3. The molecule has 37 heavy (non-hydrogen) atoms. The fraction of sp³-hybridized carbons (Fsp3) is 0.231. The van der Waals surface area contributed by atoms with E-state index in [0.717, 1.165) is 24.0 Å². The van der Waals surface area contributed by atoms with Gasteiger partial charge in [0.15, 0.2) is 11.6 Å². The maximum atomic E-state index is 13.9. The second kappa shape index (κ2) is 11.9. The number of anilines is 1. The molecule has 7 nitrogen and oxygen atoms in total. The Hall–Kier alpha value is -3.86. The molecule has 0 spiro atoms. The Morgan fingerprint density at radius 1 is 0.892 bits per heavy atom. The van der Waals surface area contributed by atoms with Crippen LogP contribution in [-0.4, -0.2) is 51.0 Å². The maximum absolute atomic E-state index is 13.9. The zero-order valence-electron chi connectivity index (χ0n) is 20.2. The summed E-state index contributed by atoms with van der Waals surface area (Å²) in [5.74, 6) is -4.23. The van der Waals surface area contributed by atoms with Crippen molar-refractivity contribution in [2.75, 3.05) is 24.2 Å². The van der Waals surface area contributed by atoms with Crippen molar-refractivity contribution in [2.45, 2.75) is 19.0 Å². The highest BCUT2D eigenvalue weighted by Crippen LogP contribution is 2.22. The van der Waals surface area contributed by atoms with E-state index in [0.29, 0.717) is 15.9 Å². The van der Waals surface area contributed by atoms with Gasteiger partial charge in [-0.15, -0.1) is 0 Å². The minimum Gasteiger partial charge on any atom is -0.357 e. The van der Waals surface area contributed by atoms with Gasteiger partial charge < -0.3 is 10.2 Å². The van der Waals surface area contributed by atoms with Gasteiger partial charge in [0.05, 0.1) is 11.9 Å². The van der Waals surface area contributed by atoms with Gasteiger partial charge in [0, 0.05) is 26.1 Å². The van der Waals surface area contributed by atoms with Gasteiger partial charge in [-0.3, -0.25) is 13.9 Å². The molecular weight excluding hydrogens is 507 g/mol. The minimum atomic E-state index is -4.12. The molecule has 196 valence electrons. The normalized spacial score (nSPS) is 12.0. The third kappa shape index (κ3) is 7.32. The van der Waals surface area contributed by atoms with Crippen LogP contribution in [-0.2, 0) is 32.6 Å². The number of likely N-dealkylation sites (N-methyl/N-ethyl adjacent to an activating group) is 1. The molecule has 0 aromatic heterocycles. The zero-order chi connectivity index (χ0) is 27.2. The van der Waals surface area contributed by atoms with Gasteiger partial charge in [-0.2, -0.15) is 0 Å². The summed E-state index contributed by atoms with van der Waals surface area (Å²) in [6.07, 6.45) is 0.934. The lowest BCUT2D eigenvalue weighted by atomic mass is 10.0. The van der Waals surface area contributed by atoms with E-state index >= 15 is 0 Å². The molecule has 1 unspecified atom stereocenters. The largest absolute Gasteiger partial charge is 0.357 e. The summed E-state index contributed by atoms with van der Waals surface area (Å²) in [7, 11) is -2.71. The molecule has 1 atom stereocenters. The Balaban J connectivity index is 2.03. The van der Waals surface area contributed by atoms with Crippen LogP contribution in [0.2, 0.25) is 0 Å². The molecule has 3 rings (SSSR count). The number of benzene rings is 3. The van der Waals surface area contributed by atoms with Gasteiger partial charge in [-0.25, -0.2) is 21.6 Å². The lowest BCUT2D eigenvalue weighted by molar-refractivity contribution is -0.139. The molecule has 0 fully saturated rings. The summed E-state index contributed by atoms with van der Waals surface area (Å²) < 4.78 is 66.6. The second-order valence-electron chi connectivity index (χ2n) is 8.34. The zero-order valence-corrected chi connectivity index (χ0v) is 21.0. The van der Waals surface area contributed by atoms with Gasteiger partial charge >= 0.3 is 0 Å². The first-order chi connectivity index (χ1) is 17.5. The smallest absolute Gasteiger partial charge is 0.244 e. The summed E-state index contributed by atoms with van der Waals surface area (Å²) in [6.45, 7) is -0.924. The highest BCUT2D eigenvalue weighted by molar-refractivity contribution is 7.92. The number of carbonyl (C=O) groups excluding carboxylic acids is 2. The Kier molecular flexibility index (Phi) is 8.93. The number of carbonyl (C=O) groups is 2. The van der Waals surface area contributed by atoms with Crippen molar-refractivity contribution < 1.29 is 31.2 Å². The number of hydrogen-bond acceptors (Lipinski definition) is 4. The van der Waals surface area contributed by atoms with E-state index < -0.39 is 51.9 Å². The maximum Gasteiger partial charge on any atom is 0.244 e. The lowest BCUT2D eigenvalue weighted by Gasteiger charge is -2.33. The topological polar surface area (TPSA) is 86.8 Å². The van der Waals surface area contributed by atoms with Crippen LogP contribution >= 0.6 is 0 Å². The van der Waals surface area contributed by atoms with Crippen molar-refractivity contribution in [1.29, 1.82) is 0 Å². The molecule has 0 saturated heterocycles. The number of rotatable bonds is 10. The van der Waals surface area contributed by atoms with Crippen molar-refractivity contribution in [3.63, 3.8) is 0 Å². The quantitative estimate of drug-likeness (QED) is 0.434. The van der Waals surface area contributed by atoms with E-state index in [1.807, 2.05) is 0 Å². The second-order valence-corrected chi connectivity index (χ2v) is 10.2. The third-order valence-electron chi connectivity index (χ3n) is 5.65. The Bertz CT molecular complexity index is 1350. The Morgan fingerprint density at radius 2 is 1.54 bits per heavy atom. The van der Waals surface area contributed by atoms with Gasteiger partial charge in [0.1, 0.15) is 18.4 Å². The van der Waals surface area contributed by atoms with E-state index in [-0.39, 0.29) is 18.7 Å². The molecule has 0 aliphatic carbocycles. The Morgan fingerprint density at radius 3 is 2.11 bits per heavy atom. The summed E-state index contributed by atoms with van der Waals surface area (Å²) in [4.78, 5) is 27.8. The van der Waals surface area contributed by atoms with Gasteiger partial charge in [-0.05, 0) is 35.4 Å². The van der Waals surface area contributed by atoms with Crippen LogP contribution in [0.5, 0.6) is 0 Å². The summed E-state index contributed by atoms with van der Waals surface area (Å²) in [5.41, 5.74) is 0.986. The van der Waals surface area contributed by atoms with Crippen LogP contribution in [0, 0.1) is 17.5 Å². The molecule has 3 aromatic carbocycles. The summed E-state index contributed by atoms with van der Waals surface area (Å²) in [5, 5.41) is 2.53. The highest BCUT2D eigenvalue weighted by atomic mass is 32.2. The molecule has 0 bridgehead atoms. The van der Waals surface area contributed by atoms with Crippen molar-refractivity contribution >= 4 is 27.5 Å². The predicted octanol–water partition coefficient (Wildman–Crippen LogP) is 3.26. The van der Waals surface area contributed by atoms with E-state index in [4.69, 9.17) is 0 Å². The monoisotopic (exact) mass is 533 g/mol. The van der Waals surface area contributed by atoms with Crippen molar-refractivity contribution in [3.05, 3.63) is 101 Å². The third-order valence-corrected chi connectivity index (χ3v) is 6.79. The van der Waals surface area contributed by atoms with E-state index in [1.54, 1.807) is 30.3 Å². The van der Waals surface area contributed by atoms with E-state index in [1.165, 1.54) is 36.2 Å². The molecule has 3 aromatic rings. The standard InChI is InChI=1S/C26H26F3N3O4S/c1-30-26(34)24(14-18-6-4-3-5-7-18)31(16-19-8-10-20(27)11-9-19)25(33)17-32(37(2,35)36)21-12-13-22(28)23(29)15-21/h3-13,15,24H,14,16-17H2,1-2H3,(H,30,34). The number of sulfonamides is 1. The fourth-order valence-electron chi connectivity index (χ4n) is 3.76. The van der Waals surface area contributed by atoms with Crippen LogP contribution in [0.1, 0.15) is 11.1 Å². The minimum absolute atomic E-state index is 0.109. The molecule has 11 heteroatoms. The predicted molar refractivity (Wildman–Crippen MR) is 133 cm³/mol. The summed E-state index contributed by atoms with van der Waals surface area (Å²) >= 11 is 0. The molecule has 0 heterocycles. The molecule has 0 radical (unpaired) electrons. The molecule has 1 N–H and O–H groups in total. The van der Waals surface area contributed by atoms with E-state index in [9.17, 15) is 31.2 Å². The molecule has 0 saturated carbocycles. The molecule has 0 aliphatic heterocycles. The SMILES string of the molecule is CNC(=O)C(Cc1ccccc1)N(Cc1ccc(F)cc1)C(=O)CN(c1ccc(F)c(F)c1)S(C)(=O)=O. The number of hydrogen-bond donors (Lipinski definition) is 1. The van der Waals surface area contributed by atoms with Crippen LogP contribution in [0.4, 0.5) is 18.9 Å². The van der Waals surface area contributed by atoms with Crippen molar-refractivity contribution in [1.82, 2.24) is 10.2 Å². The van der Waals surface area contributed by atoms with E-state index in [2.05, 4.69) is 5.32 Å². The fourth-order valence-corrected chi connectivity index (χ4v) is 4.60. The number of amides is 2. The first kappa shape index (κ1) is 27.7. The molecule has 2 amide bonds. The average molecular weight is 534 g/mol. The van der Waals surface area contributed by atoms with Crippen molar-refractivity contribution in [2.24, 2.45) is 0 Å². The first-order valence-corrected chi connectivity index (χ1v) is 13.1.